The molecule has 5 heteroatoms. The summed E-state index contributed by atoms with van der Waals surface area (Å²) in [7, 11) is 1.65. The van der Waals surface area contributed by atoms with Crippen LogP contribution in [0.1, 0.15) is 16.3 Å². The van der Waals surface area contributed by atoms with E-state index < -0.39 is 0 Å². The second kappa shape index (κ2) is 6.54. The maximum atomic E-state index is 5.83. The Hall–Kier alpha value is -1.59. The molecule has 1 heterocycles. The summed E-state index contributed by atoms with van der Waals surface area (Å²) in [5.41, 5.74) is 7.72. The van der Waals surface area contributed by atoms with Crippen LogP contribution in [0, 0.1) is 6.92 Å². The van der Waals surface area contributed by atoms with Gasteiger partial charge < -0.3 is 15.2 Å². The minimum atomic E-state index is 0.488. The van der Waals surface area contributed by atoms with Crippen molar-refractivity contribution in [2.75, 3.05) is 13.7 Å². The van der Waals surface area contributed by atoms with Crippen molar-refractivity contribution in [3.05, 3.63) is 39.8 Å². The molecule has 1 aromatic carbocycles. The monoisotopic (exact) mass is 278 g/mol. The first-order valence-electron chi connectivity index (χ1n) is 6.13. The second-order valence-electron chi connectivity index (χ2n) is 4.18. The standard InChI is InChI=1S/C14H18N2O2S/c1-10-9-19-14(16-10)8-18-13-4-3-12(17-2)7-11(13)5-6-15/h3-4,7,9H,5-6,8,15H2,1-2H3. The summed E-state index contributed by atoms with van der Waals surface area (Å²) in [4.78, 5) is 4.38. The summed E-state index contributed by atoms with van der Waals surface area (Å²) >= 11 is 1.61. The summed E-state index contributed by atoms with van der Waals surface area (Å²) in [6, 6.07) is 5.78. The van der Waals surface area contributed by atoms with Gasteiger partial charge in [-0.05, 0) is 43.7 Å². The molecule has 0 atom stereocenters. The van der Waals surface area contributed by atoms with Crippen molar-refractivity contribution in [1.82, 2.24) is 4.98 Å². The first-order valence-corrected chi connectivity index (χ1v) is 7.01. The van der Waals surface area contributed by atoms with E-state index in [0.717, 1.165) is 34.2 Å². The van der Waals surface area contributed by atoms with Crippen LogP contribution in [0.5, 0.6) is 11.5 Å². The molecule has 0 spiro atoms. The molecule has 0 saturated carbocycles. The molecule has 0 amide bonds. The lowest BCUT2D eigenvalue weighted by Crippen LogP contribution is -2.06. The van der Waals surface area contributed by atoms with Crippen molar-refractivity contribution in [1.29, 1.82) is 0 Å². The molecule has 102 valence electrons. The smallest absolute Gasteiger partial charge is 0.140 e. The van der Waals surface area contributed by atoms with E-state index in [4.69, 9.17) is 15.2 Å². The Morgan fingerprint density at radius 1 is 1.37 bits per heavy atom. The van der Waals surface area contributed by atoms with Gasteiger partial charge in [-0.15, -0.1) is 11.3 Å². The highest BCUT2D eigenvalue weighted by Gasteiger charge is 2.07. The fourth-order valence-corrected chi connectivity index (χ4v) is 2.47. The van der Waals surface area contributed by atoms with Gasteiger partial charge >= 0.3 is 0 Å². The summed E-state index contributed by atoms with van der Waals surface area (Å²) in [5.74, 6) is 1.67. The number of thiazole rings is 1. The predicted octanol–water partition coefficient (Wildman–Crippen LogP) is 2.54. The van der Waals surface area contributed by atoms with E-state index in [2.05, 4.69) is 4.98 Å². The van der Waals surface area contributed by atoms with Gasteiger partial charge in [-0.1, -0.05) is 0 Å². The van der Waals surface area contributed by atoms with Crippen molar-refractivity contribution in [3.63, 3.8) is 0 Å². The van der Waals surface area contributed by atoms with Gasteiger partial charge in [0.15, 0.2) is 0 Å². The van der Waals surface area contributed by atoms with Gasteiger partial charge in [0, 0.05) is 11.1 Å². The summed E-state index contributed by atoms with van der Waals surface area (Å²) in [6.07, 6.45) is 0.767. The summed E-state index contributed by atoms with van der Waals surface area (Å²) in [6.45, 7) is 3.05. The highest BCUT2D eigenvalue weighted by Crippen LogP contribution is 2.25. The van der Waals surface area contributed by atoms with Crippen LogP contribution < -0.4 is 15.2 Å². The number of ether oxygens (including phenoxy) is 2. The average Bonchev–Trinajstić information content (AvgIpc) is 2.83. The molecule has 2 N–H and O–H groups in total. The van der Waals surface area contributed by atoms with Crippen LogP contribution in [0.25, 0.3) is 0 Å². The Kier molecular flexibility index (Phi) is 4.76. The number of hydrogen-bond donors (Lipinski definition) is 1. The molecule has 2 rings (SSSR count). The normalized spacial score (nSPS) is 10.5. The van der Waals surface area contributed by atoms with Crippen LogP contribution in [0.3, 0.4) is 0 Å². The molecule has 19 heavy (non-hydrogen) atoms. The molecule has 0 bridgehead atoms. The van der Waals surface area contributed by atoms with E-state index in [-0.39, 0.29) is 0 Å². The molecule has 4 nitrogen and oxygen atoms in total. The zero-order valence-electron chi connectivity index (χ0n) is 11.2. The molecule has 0 aliphatic carbocycles. The number of nitrogens with two attached hydrogens (primary N) is 1. The highest BCUT2D eigenvalue weighted by atomic mass is 32.1. The number of aryl methyl sites for hydroxylation is 1. The average molecular weight is 278 g/mol. The Morgan fingerprint density at radius 2 is 2.21 bits per heavy atom. The van der Waals surface area contributed by atoms with E-state index in [1.165, 1.54) is 0 Å². The number of aromatic nitrogens is 1. The number of hydrogen-bond acceptors (Lipinski definition) is 5. The molecule has 0 fully saturated rings. The largest absolute Gasteiger partial charge is 0.497 e. The van der Waals surface area contributed by atoms with Crippen LogP contribution >= 0.6 is 11.3 Å². The van der Waals surface area contributed by atoms with Gasteiger partial charge in [-0.3, -0.25) is 0 Å². The fourth-order valence-electron chi connectivity index (χ4n) is 1.78. The number of methoxy groups -OCH3 is 1. The van der Waals surface area contributed by atoms with E-state index in [1.54, 1.807) is 18.4 Å². The van der Waals surface area contributed by atoms with Crippen molar-refractivity contribution in [2.45, 2.75) is 20.0 Å². The van der Waals surface area contributed by atoms with E-state index in [1.807, 2.05) is 30.5 Å². The van der Waals surface area contributed by atoms with Crippen molar-refractivity contribution >= 4 is 11.3 Å². The molecule has 0 unspecified atom stereocenters. The number of nitrogens with zero attached hydrogens (tertiary/aromatic N) is 1. The summed E-state index contributed by atoms with van der Waals surface area (Å²) < 4.78 is 11.0. The molecule has 0 aliphatic rings. The van der Waals surface area contributed by atoms with Crippen molar-refractivity contribution < 1.29 is 9.47 Å². The highest BCUT2D eigenvalue weighted by molar-refractivity contribution is 7.09. The zero-order valence-corrected chi connectivity index (χ0v) is 12.0. The van der Waals surface area contributed by atoms with Crippen molar-refractivity contribution in [2.24, 2.45) is 5.73 Å². The molecule has 1 aromatic heterocycles. The SMILES string of the molecule is COc1ccc(OCc2nc(C)cs2)c(CCN)c1. The van der Waals surface area contributed by atoms with Gasteiger partial charge in [0.05, 0.1) is 7.11 Å². The van der Waals surface area contributed by atoms with Crippen LogP contribution in [-0.2, 0) is 13.0 Å². The zero-order chi connectivity index (χ0) is 13.7. The number of benzene rings is 1. The minimum absolute atomic E-state index is 0.488. The van der Waals surface area contributed by atoms with Gasteiger partial charge in [-0.2, -0.15) is 0 Å². The minimum Gasteiger partial charge on any atom is -0.497 e. The van der Waals surface area contributed by atoms with E-state index >= 15 is 0 Å². The van der Waals surface area contributed by atoms with E-state index in [9.17, 15) is 0 Å². The van der Waals surface area contributed by atoms with Gasteiger partial charge in [0.25, 0.3) is 0 Å². The first-order chi connectivity index (χ1) is 9.22. The third-order valence-electron chi connectivity index (χ3n) is 2.70. The van der Waals surface area contributed by atoms with E-state index in [0.29, 0.717) is 13.2 Å². The molecule has 0 aliphatic heterocycles. The molecule has 0 saturated heterocycles. The molecular formula is C14H18N2O2S. The lowest BCUT2D eigenvalue weighted by molar-refractivity contribution is 0.301. The van der Waals surface area contributed by atoms with Crippen LogP contribution in [0.15, 0.2) is 23.6 Å². The third kappa shape index (κ3) is 3.68. The van der Waals surface area contributed by atoms with Gasteiger partial charge in [-0.25, -0.2) is 4.98 Å². The maximum absolute atomic E-state index is 5.83. The molecule has 2 aromatic rings. The van der Waals surface area contributed by atoms with Crippen LogP contribution in [-0.4, -0.2) is 18.6 Å². The first kappa shape index (κ1) is 13.8. The molecule has 0 radical (unpaired) electrons. The Labute approximate surface area is 117 Å². The predicted molar refractivity (Wildman–Crippen MR) is 76.9 cm³/mol. The van der Waals surface area contributed by atoms with Crippen LogP contribution in [0.2, 0.25) is 0 Å². The fraction of sp³-hybridized carbons (Fsp3) is 0.357. The Morgan fingerprint density at radius 3 is 2.84 bits per heavy atom. The lowest BCUT2D eigenvalue weighted by Gasteiger charge is -2.11. The third-order valence-corrected chi connectivity index (χ3v) is 3.64. The van der Waals surface area contributed by atoms with Crippen molar-refractivity contribution in [3.8, 4) is 11.5 Å². The topological polar surface area (TPSA) is 57.4 Å². The number of rotatable bonds is 6. The van der Waals surface area contributed by atoms with Crippen LogP contribution in [0.4, 0.5) is 0 Å². The summed E-state index contributed by atoms with van der Waals surface area (Å²) in [5, 5.41) is 3.00. The Bertz CT molecular complexity index is 540. The molecular weight excluding hydrogens is 260 g/mol. The maximum Gasteiger partial charge on any atom is 0.140 e. The lowest BCUT2D eigenvalue weighted by atomic mass is 10.1. The Balaban J connectivity index is 2.10. The quantitative estimate of drug-likeness (QED) is 0.882. The van der Waals surface area contributed by atoms with Gasteiger partial charge in [0.1, 0.15) is 23.1 Å². The second-order valence-corrected chi connectivity index (χ2v) is 5.13. The van der Waals surface area contributed by atoms with Gasteiger partial charge in [0.2, 0.25) is 0 Å².